The van der Waals surface area contributed by atoms with Crippen molar-refractivity contribution in [2.75, 3.05) is 13.1 Å². The van der Waals surface area contributed by atoms with Crippen LogP contribution in [-0.2, 0) is 16.1 Å². The van der Waals surface area contributed by atoms with Gasteiger partial charge in [-0.2, -0.15) is 0 Å². The number of aliphatic carboxylic acids is 1. The SMILES string of the molecule is Cl.O=C(CN1CCCC1C(=O)O)NCc1cc(F)cc(F)c1. The molecule has 1 aromatic rings. The van der Waals surface area contributed by atoms with Gasteiger partial charge in [-0.3, -0.25) is 14.5 Å². The lowest BCUT2D eigenvalue weighted by Gasteiger charge is -2.20. The Hall–Kier alpha value is -1.73. The van der Waals surface area contributed by atoms with Gasteiger partial charge in [0.15, 0.2) is 0 Å². The molecule has 22 heavy (non-hydrogen) atoms. The molecule has 2 N–H and O–H groups in total. The summed E-state index contributed by atoms with van der Waals surface area (Å²) in [5, 5.41) is 11.5. The van der Waals surface area contributed by atoms with Gasteiger partial charge in [0.2, 0.25) is 5.91 Å². The number of carbonyl (C=O) groups excluding carboxylic acids is 1. The van der Waals surface area contributed by atoms with Gasteiger partial charge in [-0.15, -0.1) is 12.4 Å². The van der Waals surface area contributed by atoms with Gasteiger partial charge in [0, 0.05) is 12.6 Å². The summed E-state index contributed by atoms with van der Waals surface area (Å²) >= 11 is 0. The van der Waals surface area contributed by atoms with E-state index in [1.54, 1.807) is 4.90 Å². The van der Waals surface area contributed by atoms with Gasteiger partial charge in [0.05, 0.1) is 6.54 Å². The molecule has 2 rings (SSSR count). The number of carbonyl (C=O) groups is 2. The number of amides is 1. The van der Waals surface area contributed by atoms with E-state index in [0.717, 1.165) is 24.6 Å². The second-order valence-corrected chi connectivity index (χ2v) is 5.02. The van der Waals surface area contributed by atoms with Crippen LogP contribution < -0.4 is 5.32 Å². The first-order valence-electron chi connectivity index (χ1n) is 6.64. The molecule has 1 aromatic carbocycles. The molecule has 1 aliphatic heterocycles. The lowest BCUT2D eigenvalue weighted by Crippen LogP contribution is -2.42. The summed E-state index contributed by atoms with van der Waals surface area (Å²) in [6.45, 7) is 0.521. The van der Waals surface area contributed by atoms with Crippen molar-refractivity contribution in [3.63, 3.8) is 0 Å². The van der Waals surface area contributed by atoms with Crippen LogP contribution in [0.3, 0.4) is 0 Å². The summed E-state index contributed by atoms with van der Waals surface area (Å²) in [5.74, 6) is -2.71. The van der Waals surface area contributed by atoms with Gasteiger partial charge in [-0.1, -0.05) is 0 Å². The van der Waals surface area contributed by atoms with Gasteiger partial charge in [-0.25, -0.2) is 8.78 Å². The number of likely N-dealkylation sites (tertiary alicyclic amines) is 1. The van der Waals surface area contributed by atoms with Crippen LogP contribution in [0.2, 0.25) is 0 Å². The minimum Gasteiger partial charge on any atom is -0.480 e. The lowest BCUT2D eigenvalue weighted by atomic mass is 10.2. The number of rotatable bonds is 5. The summed E-state index contributed by atoms with van der Waals surface area (Å²) in [6.07, 6.45) is 1.26. The van der Waals surface area contributed by atoms with E-state index < -0.39 is 23.6 Å². The van der Waals surface area contributed by atoms with Crippen molar-refractivity contribution in [3.05, 3.63) is 35.4 Å². The Morgan fingerprint density at radius 3 is 2.50 bits per heavy atom. The van der Waals surface area contributed by atoms with E-state index in [2.05, 4.69) is 5.32 Å². The topological polar surface area (TPSA) is 69.6 Å². The van der Waals surface area contributed by atoms with Crippen molar-refractivity contribution < 1.29 is 23.5 Å². The predicted molar refractivity (Wildman–Crippen MR) is 77.7 cm³/mol. The molecule has 0 radical (unpaired) electrons. The molecular weight excluding hydrogens is 318 g/mol. The molecule has 0 aromatic heterocycles. The number of carboxylic acids is 1. The fourth-order valence-corrected chi connectivity index (χ4v) is 2.45. The second-order valence-electron chi connectivity index (χ2n) is 5.02. The van der Waals surface area contributed by atoms with Crippen molar-refractivity contribution in [1.82, 2.24) is 10.2 Å². The first kappa shape index (κ1) is 18.3. The fourth-order valence-electron chi connectivity index (χ4n) is 2.45. The summed E-state index contributed by atoms with van der Waals surface area (Å²) in [7, 11) is 0. The van der Waals surface area contributed by atoms with E-state index in [4.69, 9.17) is 5.11 Å². The largest absolute Gasteiger partial charge is 0.480 e. The zero-order chi connectivity index (χ0) is 15.4. The third-order valence-electron chi connectivity index (χ3n) is 3.41. The Morgan fingerprint density at radius 1 is 1.27 bits per heavy atom. The van der Waals surface area contributed by atoms with Crippen molar-refractivity contribution in [3.8, 4) is 0 Å². The zero-order valence-electron chi connectivity index (χ0n) is 11.7. The molecule has 1 saturated heterocycles. The van der Waals surface area contributed by atoms with Gasteiger partial charge in [0.25, 0.3) is 0 Å². The molecule has 0 aliphatic carbocycles. The number of carboxylic acid groups (broad SMARTS) is 1. The maximum atomic E-state index is 13.0. The van der Waals surface area contributed by atoms with E-state index in [9.17, 15) is 18.4 Å². The maximum absolute atomic E-state index is 13.0. The molecule has 122 valence electrons. The molecule has 5 nitrogen and oxygen atoms in total. The monoisotopic (exact) mass is 334 g/mol. The Morgan fingerprint density at radius 2 is 1.91 bits per heavy atom. The molecule has 0 spiro atoms. The highest BCUT2D eigenvalue weighted by molar-refractivity contribution is 5.85. The van der Waals surface area contributed by atoms with E-state index in [-0.39, 0.29) is 31.4 Å². The Kier molecular flexibility index (Phi) is 6.70. The molecule has 1 atom stereocenters. The second kappa shape index (κ2) is 8.05. The Labute approximate surface area is 132 Å². The minimum absolute atomic E-state index is 0. The van der Waals surface area contributed by atoms with Crippen molar-refractivity contribution >= 4 is 24.3 Å². The number of hydrogen-bond donors (Lipinski definition) is 2. The van der Waals surface area contributed by atoms with E-state index in [1.165, 1.54) is 0 Å². The summed E-state index contributed by atoms with van der Waals surface area (Å²) in [5.41, 5.74) is 0.317. The number of nitrogens with one attached hydrogen (secondary N) is 1. The molecule has 1 unspecified atom stereocenters. The summed E-state index contributed by atoms with van der Waals surface area (Å²) in [6, 6.07) is 2.40. The average Bonchev–Trinajstić information content (AvgIpc) is 2.83. The molecule has 1 fully saturated rings. The fraction of sp³-hybridized carbons (Fsp3) is 0.429. The van der Waals surface area contributed by atoms with Crippen molar-refractivity contribution in [1.29, 1.82) is 0 Å². The molecule has 1 aliphatic rings. The third kappa shape index (κ3) is 4.92. The van der Waals surface area contributed by atoms with Gasteiger partial charge < -0.3 is 10.4 Å². The summed E-state index contributed by atoms with van der Waals surface area (Å²) in [4.78, 5) is 24.4. The van der Waals surface area contributed by atoms with Gasteiger partial charge in [0.1, 0.15) is 17.7 Å². The van der Waals surface area contributed by atoms with Crippen LogP contribution in [-0.4, -0.2) is 41.0 Å². The van der Waals surface area contributed by atoms with Crippen LogP contribution >= 0.6 is 12.4 Å². The zero-order valence-corrected chi connectivity index (χ0v) is 12.5. The van der Waals surface area contributed by atoms with Crippen LogP contribution in [0, 0.1) is 11.6 Å². The number of nitrogens with zero attached hydrogens (tertiary/aromatic N) is 1. The first-order chi connectivity index (χ1) is 9.95. The summed E-state index contributed by atoms with van der Waals surface area (Å²) < 4.78 is 26.0. The third-order valence-corrected chi connectivity index (χ3v) is 3.41. The van der Waals surface area contributed by atoms with Gasteiger partial charge >= 0.3 is 5.97 Å². The molecular formula is C14H17ClF2N2O3. The van der Waals surface area contributed by atoms with Crippen LogP contribution in [0.4, 0.5) is 8.78 Å². The molecule has 8 heteroatoms. The predicted octanol–water partition coefficient (Wildman–Crippen LogP) is 1.55. The van der Waals surface area contributed by atoms with Crippen molar-refractivity contribution in [2.45, 2.75) is 25.4 Å². The molecule has 0 bridgehead atoms. The average molecular weight is 335 g/mol. The standard InChI is InChI=1S/C14H16F2N2O3.ClH/c15-10-4-9(5-11(16)6-10)7-17-13(19)8-18-3-1-2-12(18)14(20)21;/h4-6,12H,1-3,7-8H2,(H,17,19)(H,20,21);1H. The Bertz CT molecular complexity index is 537. The van der Waals surface area contributed by atoms with E-state index >= 15 is 0 Å². The van der Waals surface area contributed by atoms with E-state index in [1.807, 2.05) is 0 Å². The lowest BCUT2D eigenvalue weighted by molar-refractivity contribution is -0.142. The van der Waals surface area contributed by atoms with Crippen molar-refractivity contribution in [2.24, 2.45) is 0 Å². The molecule has 1 amide bonds. The quantitative estimate of drug-likeness (QED) is 0.857. The Balaban J connectivity index is 0.00000242. The molecule has 0 saturated carbocycles. The van der Waals surface area contributed by atoms with Crippen LogP contribution in [0.25, 0.3) is 0 Å². The first-order valence-corrected chi connectivity index (χ1v) is 6.64. The van der Waals surface area contributed by atoms with Crippen LogP contribution in [0.15, 0.2) is 18.2 Å². The van der Waals surface area contributed by atoms with Crippen LogP contribution in [0.5, 0.6) is 0 Å². The van der Waals surface area contributed by atoms with Crippen LogP contribution in [0.1, 0.15) is 18.4 Å². The number of halogens is 3. The number of benzene rings is 1. The highest BCUT2D eigenvalue weighted by Crippen LogP contribution is 2.16. The maximum Gasteiger partial charge on any atom is 0.320 e. The smallest absolute Gasteiger partial charge is 0.320 e. The normalized spacial score (nSPS) is 17.8. The highest BCUT2D eigenvalue weighted by atomic mass is 35.5. The minimum atomic E-state index is -0.937. The van der Waals surface area contributed by atoms with Gasteiger partial charge in [-0.05, 0) is 37.1 Å². The number of hydrogen-bond acceptors (Lipinski definition) is 3. The highest BCUT2D eigenvalue weighted by Gasteiger charge is 2.31. The van der Waals surface area contributed by atoms with E-state index in [0.29, 0.717) is 18.5 Å². The molecule has 1 heterocycles.